The molecule has 3 aromatic rings. The maximum atomic E-state index is 10.4. The molecule has 194 valence electrons. The van der Waals surface area contributed by atoms with Gasteiger partial charge in [0.15, 0.2) is 0 Å². The molecule has 6 N–H and O–H groups in total. The number of nitrogens with zero attached hydrogens (tertiary/aromatic N) is 1. The van der Waals surface area contributed by atoms with Crippen molar-refractivity contribution >= 4 is 0 Å². The number of aliphatic hydroxyl groups is 4. The van der Waals surface area contributed by atoms with Crippen molar-refractivity contribution in [2.75, 3.05) is 6.61 Å². The number of aliphatic hydroxyl groups excluding tert-OH is 4. The zero-order valence-electron chi connectivity index (χ0n) is 20.1. The Bertz CT molecular complexity index is 1150. The van der Waals surface area contributed by atoms with Crippen LogP contribution in [0.2, 0.25) is 0 Å². The molecule has 0 saturated carbocycles. The van der Waals surface area contributed by atoms with E-state index >= 15 is 0 Å². The number of H-pyrrole nitrogens is 1. The minimum absolute atomic E-state index is 0.0695. The summed E-state index contributed by atoms with van der Waals surface area (Å²) in [5.74, 6) is 1.06. The van der Waals surface area contributed by atoms with Crippen LogP contribution >= 0.6 is 0 Å². The van der Waals surface area contributed by atoms with Crippen LogP contribution in [0.15, 0.2) is 48.5 Å². The minimum atomic E-state index is -1.56. The van der Waals surface area contributed by atoms with Crippen molar-refractivity contribution in [1.29, 1.82) is 0 Å². The predicted molar refractivity (Wildman–Crippen MR) is 129 cm³/mol. The summed E-state index contributed by atoms with van der Waals surface area (Å²) in [6.45, 7) is 3.71. The van der Waals surface area contributed by atoms with Crippen LogP contribution in [0, 0.1) is 0 Å². The summed E-state index contributed by atoms with van der Waals surface area (Å²) in [7, 11) is 0. The van der Waals surface area contributed by atoms with Crippen LogP contribution in [0.3, 0.4) is 0 Å². The molecule has 5 atom stereocenters. The SMILES string of the molecule is CC(C)c1[nH]nc(OC2O[C@H](CO)[C@@H](O)[C@H](O)[C@H]2O)c1Cc1ccccc1OCc1cccc(O)c1. The van der Waals surface area contributed by atoms with Crippen LogP contribution in [0.4, 0.5) is 0 Å². The van der Waals surface area contributed by atoms with Gasteiger partial charge in [0.1, 0.15) is 42.5 Å². The van der Waals surface area contributed by atoms with E-state index in [2.05, 4.69) is 10.2 Å². The third-order valence-electron chi connectivity index (χ3n) is 6.16. The molecule has 10 heteroatoms. The number of phenols is 1. The first-order valence-corrected chi connectivity index (χ1v) is 11.8. The molecule has 10 nitrogen and oxygen atoms in total. The van der Waals surface area contributed by atoms with E-state index in [1.807, 2.05) is 44.2 Å². The second kappa shape index (κ2) is 11.3. The molecule has 1 aliphatic heterocycles. The van der Waals surface area contributed by atoms with Crippen LogP contribution in [-0.2, 0) is 17.8 Å². The summed E-state index contributed by atoms with van der Waals surface area (Å²) < 4.78 is 17.4. The first kappa shape index (κ1) is 25.9. The fourth-order valence-corrected chi connectivity index (χ4v) is 4.17. The lowest BCUT2D eigenvalue weighted by molar-refractivity contribution is -0.278. The van der Waals surface area contributed by atoms with Gasteiger partial charge in [-0.1, -0.05) is 44.2 Å². The fraction of sp³-hybridized carbons (Fsp3) is 0.423. The summed E-state index contributed by atoms with van der Waals surface area (Å²) in [6.07, 6.45) is -6.64. The van der Waals surface area contributed by atoms with E-state index < -0.39 is 37.3 Å². The van der Waals surface area contributed by atoms with Crippen LogP contribution in [0.25, 0.3) is 0 Å². The zero-order chi connectivity index (χ0) is 25.8. The van der Waals surface area contributed by atoms with E-state index in [1.165, 1.54) is 0 Å². The highest BCUT2D eigenvalue weighted by Crippen LogP contribution is 2.33. The van der Waals surface area contributed by atoms with E-state index in [0.29, 0.717) is 12.2 Å². The molecule has 2 aromatic carbocycles. The first-order chi connectivity index (χ1) is 17.3. The summed E-state index contributed by atoms with van der Waals surface area (Å²) in [6, 6.07) is 14.4. The van der Waals surface area contributed by atoms with Crippen molar-refractivity contribution in [3.05, 3.63) is 70.9 Å². The molecule has 36 heavy (non-hydrogen) atoms. The zero-order valence-corrected chi connectivity index (χ0v) is 20.1. The number of aromatic nitrogens is 2. The Morgan fingerprint density at radius 1 is 1.03 bits per heavy atom. The quantitative estimate of drug-likeness (QED) is 0.257. The van der Waals surface area contributed by atoms with Gasteiger partial charge in [-0.2, -0.15) is 0 Å². The lowest BCUT2D eigenvalue weighted by Gasteiger charge is -2.39. The summed E-state index contributed by atoms with van der Waals surface area (Å²) >= 11 is 0. The summed E-state index contributed by atoms with van der Waals surface area (Å²) in [5, 5.41) is 57.0. The Hall–Kier alpha value is -3.15. The average molecular weight is 501 g/mol. The number of phenolic OH excluding ortho intramolecular Hbond substituents is 1. The van der Waals surface area contributed by atoms with E-state index in [1.54, 1.807) is 18.2 Å². The van der Waals surface area contributed by atoms with E-state index in [9.17, 15) is 25.5 Å². The van der Waals surface area contributed by atoms with E-state index in [-0.39, 0.29) is 24.2 Å². The van der Waals surface area contributed by atoms with Crippen LogP contribution in [0.5, 0.6) is 17.4 Å². The molecule has 0 radical (unpaired) electrons. The number of aromatic amines is 1. The van der Waals surface area contributed by atoms with Gasteiger partial charge in [0.2, 0.25) is 12.2 Å². The van der Waals surface area contributed by atoms with Gasteiger partial charge in [-0.05, 0) is 35.2 Å². The highest BCUT2D eigenvalue weighted by molar-refractivity contribution is 5.43. The molecular weight excluding hydrogens is 468 g/mol. The highest BCUT2D eigenvalue weighted by Gasteiger charge is 2.45. The average Bonchev–Trinajstić information content (AvgIpc) is 3.26. The second-order valence-electron chi connectivity index (χ2n) is 9.13. The molecule has 1 aromatic heterocycles. The Kier molecular flexibility index (Phi) is 8.12. The van der Waals surface area contributed by atoms with Crippen molar-refractivity contribution in [1.82, 2.24) is 10.2 Å². The van der Waals surface area contributed by atoms with Gasteiger partial charge in [-0.15, -0.1) is 5.10 Å². The molecule has 0 spiro atoms. The van der Waals surface area contributed by atoms with Crippen LogP contribution in [-0.4, -0.2) is 73.0 Å². The molecule has 0 aliphatic carbocycles. The molecule has 1 aliphatic rings. The molecular formula is C26H32N2O8. The van der Waals surface area contributed by atoms with Crippen molar-refractivity contribution in [2.24, 2.45) is 0 Å². The van der Waals surface area contributed by atoms with Crippen molar-refractivity contribution < 1.29 is 39.7 Å². The summed E-state index contributed by atoms with van der Waals surface area (Å²) in [5.41, 5.74) is 3.22. The number of aromatic hydroxyl groups is 1. The van der Waals surface area contributed by atoms with Gasteiger partial charge >= 0.3 is 0 Å². The third-order valence-corrected chi connectivity index (χ3v) is 6.16. The van der Waals surface area contributed by atoms with Gasteiger partial charge in [0.25, 0.3) is 0 Å². The standard InChI is InChI=1S/C26H32N2O8/c1-14(2)21-18(25(28-27-21)36-26-24(33)23(32)22(31)20(12-29)35-26)11-16-7-3-4-9-19(16)34-13-15-6-5-8-17(30)10-15/h3-10,14,20,22-24,26,29-33H,11-13H2,1-2H3,(H,27,28)/t20-,22-,23+,24-,26?/m1/s1. The number of nitrogens with one attached hydrogen (secondary N) is 1. The Balaban J connectivity index is 1.57. The van der Waals surface area contributed by atoms with Gasteiger partial charge in [0, 0.05) is 17.7 Å². The van der Waals surface area contributed by atoms with Crippen molar-refractivity contribution in [3.63, 3.8) is 0 Å². The number of ether oxygens (including phenoxy) is 3. The monoisotopic (exact) mass is 500 g/mol. The topological polar surface area (TPSA) is 158 Å². The molecule has 0 bridgehead atoms. The second-order valence-corrected chi connectivity index (χ2v) is 9.13. The van der Waals surface area contributed by atoms with Crippen LogP contribution in [0.1, 0.15) is 42.1 Å². The molecule has 2 heterocycles. The lowest BCUT2D eigenvalue weighted by atomic mass is 9.98. The predicted octanol–water partition coefficient (Wildman–Crippen LogP) is 1.59. The largest absolute Gasteiger partial charge is 0.508 e. The van der Waals surface area contributed by atoms with Crippen molar-refractivity contribution in [3.8, 4) is 17.4 Å². The van der Waals surface area contributed by atoms with Gasteiger partial charge in [-0.25, -0.2) is 0 Å². The molecule has 1 fully saturated rings. The highest BCUT2D eigenvalue weighted by atomic mass is 16.7. The number of hydrogen-bond donors (Lipinski definition) is 6. The number of hydrogen-bond acceptors (Lipinski definition) is 9. The Morgan fingerprint density at radius 2 is 1.81 bits per heavy atom. The van der Waals surface area contributed by atoms with Gasteiger partial charge in [-0.3, -0.25) is 5.10 Å². The lowest BCUT2D eigenvalue weighted by Crippen LogP contribution is -2.60. The maximum absolute atomic E-state index is 10.4. The number of para-hydroxylation sites is 1. The first-order valence-electron chi connectivity index (χ1n) is 11.8. The fourth-order valence-electron chi connectivity index (χ4n) is 4.17. The number of rotatable bonds is 9. The maximum Gasteiger partial charge on any atom is 0.238 e. The molecule has 1 saturated heterocycles. The smallest absolute Gasteiger partial charge is 0.238 e. The Labute approximate surface area is 208 Å². The summed E-state index contributed by atoms with van der Waals surface area (Å²) in [4.78, 5) is 0. The molecule has 1 unspecified atom stereocenters. The Morgan fingerprint density at radius 3 is 2.53 bits per heavy atom. The number of benzene rings is 2. The van der Waals surface area contributed by atoms with Gasteiger partial charge < -0.3 is 39.7 Å². The molecule has 0 amide bonds. The van der Waals surface area contributed by atoms with Crippen LogP contribution < -0.4 is 9.47 Å². The third kappa shape index (κ3) is 5.63. The normalized spacial score (nSPS) is 24.1. The minimum Gasteiger partial charge on any atom is -0.508 e. The van der Waals surface area contributed by atoms with E-state index in [0.717, 1.165) is 22.4 Å². The molecule has 4 rings (SSSR count). The van der Waals surface area contributed by atoms with E-state index in [4.69, 9.17) is 14.2 Å². The van der Waals surface area contributed by atoms with Crippen molar-refractivity contribution in [2.45, 2.75) is 63.5 Å². The van der Waals surface area contributed by atoms with Gasteiger partial charge in [0.05, 0.1) is 6.61 Å².